The van der Waals surface area contributed by atoms with Crippen molar-refractivity contribution in [3.63, 3.8) is 0 Å². The molecule has 3 N–H and O–H groups in total. The van der Waals surface area contributed by atoms with Gasteiger partial charge in [-0.2, -0.15) is 0 Å². The number of nitrogens with one attached hydrogen (secondary N) is 1. The molecular formula is C22H27N3O2. The van der Waals surface area contributed by atoms with Crippen molar-refractivity contribution in [1.29, 1.82) is 0 Å². The summed E-state index contributed by atoms with van der Waals surface area (Å²) in [5.41, 5.74) is 9.65. The van der Waals surface area contributed by atoms with Gasteiger partial charge in [-0.1, -0.05) is 42.0 Å². The van der Waals surface area contributed by atoms with E-state index in [1.54, 1.807) is 0 Å². The Balaban J connectivity index is 1.43. The van der Waals surface area contributed by atoms with E-state index >= 15 is 0 Å². The summed E-state index contributed by atoms with van der Waals surface area (Å²) in [5.74, 6) is 0.176. The standard InChI is InChI=1S/C22H27N3O2/c1-16-2-4-18(5-3-16)15-24-22(27)19-10-12-25(13-11-19)21(26)14-17-6-8-20(23)9-7-17/h2-9,19H,10-15,23H2,1H3,(H,24,27). The van der Waals surface area contributed by atoms with Crippen molar-refractivity contribution >= 4 is 17.5 Å². The van der Waals surface area contributed by atoms with E-state index in [2.05, 4.69) is 5.32 Å². The Morgan fingerprint density at radius 1 is 1.00 bits per heavy atom. The number of benzene rings is 2. The van der Waals surface area contributed by atoms with Gasteiger partial charge < -0.3 is 16.0 Å². The van der Waals surface area contributed by atoms with Crippen LogP contribution in [0.15, 0.2) is 48.5 Å². The molecule has 2 aromatic carbocycles. The number of anilines is 1. The molecule has 3 rings (SSSR count). The molecule has 1 fully saturated rings. The van der Waals surface area contributed by atoms with Gasteiger partial charge in [-0.25, -0.2) is 0 Å². The van der Waals surface area contributed by atoms with Gasteiger partial charge in [0, 0.05) is 31.2 Å². The highest BCUT2D eigenvalue weighted by atomic mass is 16.2. The van der Waals surface area contributed by atoms with E-state index in [0.717, 1.165) is 11.1 Å². The largest absolute Gasteiger partial charge is 0.399 e. The quantitative estimate of drug-likeness (QED) is 0.800. The van der Waals surface area contributed by atoms with E-state index in [-0.39, 0.29) is 17.7 Å². The molecule has 2 amide bonds. The monoisotopic (exact) mass is 365 g/mol. The first kappa shape index (κ1) is 19.0. The van der Waals surface area contributed by atoms with Crippen LogP contribution in [0.5, 0.6) is 0 Å². The van der Waals surface area contributed by atoms with Gasteiger partial charge in [0.1, 0.15) is 0 Å². The molecular weight excluding hydrogens is 338 g/mol. The summed E-state index contributed by atoms with van der Waals surface area (Å²) in [5, 5.41) is 3.02. The summed E-state index contributed by atoms with van der Waals surface area (Å²) in [6.07, 6.45) is 1.81. The van der Waals surface area contributed by atoms with Gasteiger partial charge in [-0.3, -0.25) is 9.59 Å². The molecule has 0 spiro atoms. The van der Waals surface area contributed by atoms with E-state index in [0.29, 0.717) is 44.6 Å². The third kappa shape index (κ3) is 5.33. The number of rotatable bonds is 5. The van der Waals surface area contributed by atoms with Crippen molar-refractivity contribution in [2.45, 2.75) is 32.7 Å². The molecule has 5 heteroatoms. The Bertz CT molecular complexity index is 776. The van der Waals surface area contributed by atoms with Crippen LogP contribution in [0.1, 0.15) is 29.5 Å². The number of amides is 2. The van der Waals surface area contributed by atoms with Crippen LogP contribution in [0.2, 0.25) is 0 Å². The molecule has 1 heterocycles. The smallest absolute Gasteiger partial charge is 0.226 e. The third-order valence-electron chi connectivity index (χ3n) is 5.14. The first-order chi connectivity index (χ1) is 13.0. The van der Waals surface area contributed by atoms with Crippen molar-refractivity contribution < 1.29 is 9.59 Å². The number of piperidine rings is 1. The lowest BCUT2D eigenvalue weighted by molar-refractivity contribution is -0.135. The number of hydrogen-bond acceptors (Lipinski definition) is 3. The van der Waals surface area contributed by atoms with Crippen LogP contribution < -0.4 is 11.1 Å². The normalized spacial score (nSPS) is 14.8. The minimum atomic E-state index is -0.0176. The zero-order chi connectivity index (χ0) is 19.2. The van der Waals surface area contributed by atoms with Crippen molar-refractivity contribution in [3.8, 4) is 0 Å². The first-order valence-corrected chi connectivity index (χ1v) is 9.47. The predicted octanol–water partition coefficient (Wildman–Crippen LogP) is 2.67. The van der Waals surface area contributed by atoms with Crippen LogP contribution in [0, 0.1) is 12.8 Å². The molecule has 1 aliphatic heterocycles. The predicted molar refractivity (Wildman–Crippen MR) is 107 cm³/mol. The van der Waals surface area contributed by atoms with Gasteiger partial charge in [0.2, 0.25) is 11.8 Å². The maximum atomic E-state index is 12.5. The summed E-state index contributed by atoms with van der Waals surface area (Å²) >= 11 is 0. The lowest BCUT2D eigenvalue weighted by Gasteiger charge is -2.31. The number of nitrogen functional groups attached to an aromatic ring is 1. The summed E-state index contributed by atoms with van der Waals surface area (Å²) in [6, 6.07) is 15.6. The van der Waals surface area contributed by atoms with Gasteiger partial charge in [0.25, 0.3) is 0 Å². The molecule has 27 heavy (non-hydrogen) atoms. The van der Waals surface area contributed by atoms with Gasteiger partial charge in [0.15, 0.2) is 0 Å². The Hall–Kier alpha value is -2.82. The summed E-state index contributed by atoms with van der Waals surface area (Å²) in [7, 11) is 0. The number of aryl methyl sites for hydroxylation is 1. The van der Waals surface area contributed by atoms with Gasteiger partial charge >= 0.3 is 0 Å². The Labute approximate surface area is 160 Å². The second-order valence-corrected chi connectivity index (χ2v) is 7.28. The molecule has 0 aliphatic carbocycles. The molecule has 2 aromatic rings. The average molecular weight is 365 g/mol. The second-order valence-electron chi connectivity index (χ2n) is 7.28. The van der Waals surface area contributed by atoms with Crippen molar-refractivity contribution in [2.24, 2.45) is 5.92 Å². The Morgan fingerprint density at radius 3 is 2.22 bits per heavy atom. The van der Waals surface area contributed by atoms with Crippen molar-refractivity contribution in [2.75, 3.05) is 18.8 Å². The van der Waals surface area contributed by atoms with E-state index in [9.17, 15) is 9.59 Å². The lowest BCUT2D eigenvalue weighted by atomic mass is 9.95. The van der Waals surface area contributed by atoms with E-state index in [1.165, 1.54) is 5.56 Å². The summed E-state index contributed by atoms with van der Waals surface area (Å²) < 4.78 is 0. The summed E-state index contributed by atoms with van der Waals surface area (Å²) in [4.78, 5) is 26.7. The molecule has 0 radical (unpaired) electrons. The highest BCUT2D eigenvalue weighted by molar-refractivity contribution is 5.81. The number of likely N-dealkylation sites (tertiary alicyclic amines) is 1. The van der Waals surface area contributed by atoms with Crippen molar-refractivity contribution in [1.82, 2.24) is 10.2 Å². The minimum absolute atomic E-state index is 0.0176. The summed E-state index contributed by atoms with van der Waals surface area (Å²) in [6.45, 7) is 3.87. The molecule has 0 aromatic heterocycles. The third-order valence-corrected chi connectivity index (χ3v) is 5.14. The molecule has 5 nitrogen and oxygen atoms in total. The molecule has 142 valence electrons. The number of nitrogens with zero attached hydrogens (tertiary/aromatic N) is 1. The molecule has 1 saturated heterocycles. The van der Waals surface area contributed by atoms with Crippen LogP contribution in [0.25, 0.3) is 0 Å². The fraction of sp³-hybridized carbons (Fsp3) is 0.364. The van der Waals surface area contributed by atoms with E-state index in [1.807, 2.05) is 60.4 Å². The van der Waals surface area contributed by atoms with Crippen molar-refractivity contribution in [3.05, 3.63) is 65.2 Å². The Morgan fingerprint density at radius 2 is 1.59 bits per heavy atom. The fourth-order valence-corrected chi connectivity index (χ4v) is 3.35. The van der Waals surface area contributed by atoms with E-state index in [4.69, 9.17) is 5.73 Å². The maximum absolute atomic E-state index is 12.5. The van der Waals surface area contributed by atoms with Crippen LogP contribution in [-0.4, -0.2) is 29.8 Å². The molecule has 0 bridgehead atoms. The van der Waals surface area contributed by atoms with E-state index < -0.39 is 0 Å². The first-order valence-electron chi connectivity index (χ1n) is 9.47. The zero-order valence-corrected chi connectivity index (χ0v) is 15.8. The molecule has 0 unspecified atom stereocenters. The van der Waals surface area contributed by atoms with Gasteiger partial charge in [-0.15, -0.1) is 0 Å². The molecule has 0 saturated carbocycles. The highest BCUT2D eigenvalue weighted by Gasteiger charge is 2.27. The highest BCUT2D eigenvalue weighted by Crippen LogP contribution is 2.19. The zero-order valence-electron chi connectivity index (χ0n) is 15.8. The maximum Gasteiger partial charge on any atom is 0.226 e. The molecule has 1 aliphatic rings. The number of hydrogen-bond donors (Lipinski definition) is 2. The minimum Gasteiger partial charge on any atom is -0.399 e. The van der Waals surface area contributed by atoms with Gasteiger partial charge in [-0.05, 0) is 43.0 Å². The molecule has 0 atom stereocenters. The number of nitrogens with two attached hydrogens (primary N) is 1. The fourth-order valence-electron chi connectivity index (χ4n) is 3.35. The van der Waals surface area contributed by atoms with Crippen LogP contribution >= 0.6 is 0 Å². The second kappa shape index (κ2) is 8.71. The van der Waals surface area contributed by atoms with Crippen LogP contribution in [0.4, 0.5) is 5.69 Å². The average Bonchev–Trinajstić information content (AvgIpc) is 2.69. The number of carbonyl (C=O) groups excluding carboxylic acids is 2. The van der Waals surface area contributed by atoms with Gasteiger partial charge in [0.05, 0.1) is 6.42 Å². The number of carbonyl (C=O) groups is 2. The lowest BCUT2D eigenvalue weighted by Crippen LogP contribution is -2.43. The Kier molecular flexibility index (Phi) is 6.12. The van der Waals surface area contributed by atoms with Crippen LogP contribution in [-0.2, 0) is 22.6 Å². The topological polar surface area (TPSA) is 75.4 Å². The SMILES string of the molecule is Cc1ccc(CNC(=O)C2CCN(C(=O)Cc3ccc(N)cc3)CC2)cc1. The van der Waals surface area contributed by atoms with Crippen LogP contribution in [0.3, 0.4) is 0 Å².